The highest BCUT2D eigenvalue weighted by Crippen LogP contribution is 2.13. The highest BCUT2D eigenvalue weighted by Gasteiger charge is 2.29. The second kappa shape index (κ2) is 8.06. The molecule has 0 aromatic heterocycles. The highest BCUT2D eigenvalue weighted by atomic mass is 16.6. The Balaban J connectivity index is 4.73. The Hall–Kier alpha value is -1.34. The molecular formula is C13H25NO6. The number of carbonyl (C=O) groups is 2. The molecule has 0 bridgehead atoms. The van der Waals surface area contributed by atoms with Crippen molar-refractivity contribution >= 4 is 12.1 Å². The van der Waals surface area contributed by atoms with Gasteiger partial charge in [0.15, 0.2) is 0 Å². The number of carboxylic acids is 1. The van der Waals surface area contributed by atoms with Crippen LogP contribution in [0.4, 0.5) is 4.79 Å². The van der Waals surface area contributed by atoms with Gasteiger partial charge >= 0.3 is 12.1 Å². The molecule has 2 atom stereocenters. The third kappa shape index (κ3) is 7.30. The van der Waals surface area contributed by atoms with Crippen molar-refractivity contribution < 1.29 is 29.3 Å². The van der Waals surface area contributed by atoms with Crippen molar-refractivity contribution in [3.8, 4) is 0 Å². The fourth-order valence-electron chi connectivity index (χ4n) is 1.46. The maximum absolute atomic E-state index is 12.0. The third-order valence-electron chi connectivity index (χ3n) is 2.52. The molecule has 0 spiro atoms. The molecule has 0 rings (SSSR count). The van der Waals surface area contributed by atoms with Gasteiger partial charge in [-0.15, -0.1) is 0 Å². The fourth-order valence-corrected chi connectivity index (χ4v) is 1.46. The first kappa shape index (κ1) is 18.7. The summed E-state index contributed by atoms with van der Waals surface area (Å²) >= 11 is 0. The zero-order valence-corrected chi connectivity index (χ0v) is 12.8. The van der Waals surface area contributed by atoms with Gasteiger partial charge in [0.05, 0.1) is 12.7 Å². The molecule has 0 fully saturated rings. The summed E-state index contributed by atoms with van der Waals surface area (Å²) in [4.78, 5) is 24.1. The molecule has 20 heavy (non-hydrogen) atoms. The Morgan fingerprint density at radius 1 is 1.30 bits per heavy atom. The van der Waals surface area contributed by atoms with E-state index in [0.717, 1.165) is 4.90 Å². The van der Waals surface area contributed by atoms with Crippen LogP contribution in [0.25, 0.3) is 0 Å². The quantitative estimate of drug-likeness (QED) is 0.729. The maximum atomic E-state index is 12.0. The maximum Gasteiger partial charge on any atom is 0.411 e. The number of aliphatic carboxylic acids is 1. The number of aliphatic hydroxyl groups is 1. The largest absolute Gasteiger partial charge is 0.480 e. The number of rotatable bonds is 7. The first-order chi connectivity index (χ1) is 9.08. The summed E-state index contributed by atoms with van der Waals surface area (Å²) in [6, 6.07) is -1.03. The molecule has 118 valence electrons. The molecule has 0 radical (unpaired) electrons. The van der Waals surface area contributed by atoms with Crippen LogP contribution in [-0.2, 0) is 14.3 Å². The normalized spacial score (nSPS) is 14.5. The van der Waals surface area contributed by atoms with Crippen LogP contribution in [0.2, 0.25) is 0 Å². The smallest absolute Gasteiger partial charge is 0.411 e. The molecular weight excluding hydrogens is 266 g/mol. The van der Waals surface area contributed by atoms with Crippen LogP contribution in [0, 0.1) is 0 Å². The summed E-state index contributed by atoms with van der Waals surface area (Å²) < 4.78 is 9.96. The lowest BCUT2D eigenvalue weighted by molar-refractivity contribution is -0.142. The molecule has 0 saturated carbocycles. The Bertz CT molecular complexity index is 325. The number of aliphatic hydroxyl groups excluding tert-OH is 1. The summed E-state index contributed by atoms with van der Waals surface area (Å²) in [5.74, 6) is -1.13. The van der Waals surface area contributed by atoms with E-state index in [1.54, 1.807) is 20.8 Å². The van der Waals surface area contributed by atoms with Gasteiger partial charge in [0, 0.05) is 13.7 Å². The second-order valence-corrected chi connectivity index (χ2v) is 5.59. The molecule has 0 aromatic rings. The van der Waals surface area contributed by atoms with Crippen LogP contribution in [-0.4, -0.2) is 65.2 Å². The molecule has 0 aliphatic rings. The molecule has 0 unspecified atom stereocenters. The highest BCUT2D eigenvalue weighted by molar-refractivity contribution is 5.79. The lowest BCUT2D eigenvalue weighted by Crippen LogP contribution is -2.47. The average Bonchev–Trinajstić information content (AvgIpc) is 2.26. The van der Waals surface area contributed by atoms with E-state index in [0.29, 0.717) is 0 Å². The van der Waals surface area contributed by atoms with E-state index in [-0.39, 0.29) is 19.6 Å². The summed E-state index contributed by atoms with van der Waals surface area (Å²) in [5, 5.41) is 18.6. The molecule has 0 saturated heterocycles. The van der Waals surface area contributed by atoms with E-state index in [1.165, 1.54) is 14.0 Å². The average molecular weight is 291 g/mol. The third-order valence-corrected chi connectivity index (χ3v) is 2.52. The Labute approximate surface area is 119 Å². The standard InChI is InChI=1S/C13H25NO6/c1-9(11(16)17)14(7-6-10(15)8-19-5)12(18)20-13(2,3)4/h9-10,15H,6-8H2,1-5H3,(H,16,17)/t9-,10-/m0/s1. The lowest BCUT2D eigenvalue weighted by atomic mass is 10.2. The van der Waals surface area contributed by atoms with Gasteiger partial charge in [0.25, 0.3) is 0 Å². The zero-order chi connectivity index (χ0) is 15.9. The van der Waals surface area contributed by atoms with Gasteiger partial charge < -0.3 is 19.7 Å². The number of amides is 1. The van der Waals surface area contributed by atoms with Crippen molar-refractivity contribution in [3.05, 3.63) is 0 Å². The number of carbonyl (C=O) groups excluding carboxylic acids is 1. The van der Waals surface area contributed by atoms with E-state index >= 15 is 0 Å². The van der Waals surface area contributed by atoms with Gasteiger partial charge in [0.2, 0.25) is 0 Å². The van der Waals surface area contributed by atoms with E-state index in [2.05, 4.69) is 0 Å². The molecule has 7 nitrogen and oxygen atoms in total. The lowest BCUT2D eigenvalue weighted by Gasteiger charge is -2.30. The van der Waals surface area contributed by atoms with Crippen molar-refractivity contribution in [1.82, 2.24) is 4.90 Å². The number of ether oxygens (including phenoxy) is 2. The minimum Gasteiger partial charge on any atom is -0.480 e. The number of hydrogen-bond acceptors (Lipinski definition) is 5. The minimum absolute atomic E-state index is 0.0763. The van der Waals surface area contributed by atoms with E-state index in [4.69, 9.17) is 14.6 Å². The SMILES string of the molecule is COC[C@@H](O)CCN(C(=O)OC(C)(C)C)[C@@H](C)C(=O)O. The molecule has 0 aromatic carbocycles. The van der Waals surface area contributed by atoms with Crippen LogP contribution in [0.3, 0.4) is 0 Å². The first-order valence-electron chi connectivity index (χ1n) is 6.48. The Morgan fingerprint density at radius 2 is 1.85 bits per heavy atom. The van der Waals surface area contributed by atoms with Crippen LogP contribution < -0.4 is 0 Å². The molecule has 1 amide bonds. The van der Waals surface area contributed by atoms with Crippen LogP contribution in [0.1, 0.15) is 34.1 Å². The van der Waals surface area contributed by atoms with E-state index < -0.39 is 29.8 Å². The summed E-state index contributed by atoms with van der Waals surface area (Å²) in [5.41, 5.74) is -0.710. The van der Waals surface area contributed by atoms with Crippen molar-refractivity contribution in [2.45, 2.75) is 51.9 Å². The topological polar surface area (TPSA) is 96.3 Å². The Morgan fingerprint density at radius 3 is 2.25 bits per heavy atom. The van der Waals surface area contributed by atoms with Crippen molar-refractivity contribution in [1.29, 1.82) is 0 Å². The molecule has 2 N–H and O–H groups in total. The number of hydrogen-bond donors (Lipinski definition) is 2. The van der Waals surface area contributed by atoms with Gasteiger partial charge in [-0.05, 0) is 34.1 Å². The zero-order valence-electron chi connectivity index (χ0n) is 12.8. The van der Waals surface area contributed by atoms with E-state index in [9.17, 15) is 14.7 Å². The fraction of sp³-hybridized carbons (Fsp3) is 0.846. The second-order valence-electron chi connectivity index (χ2n) is 5.59. The molecule has 0 aliphatic heterocycles. The van der Waals surface area contributed by atoms with Crippen molar-refractivity contribution in [2.24, 2.45) is 0 Å². The van der Waals surface area contributed by atoms with Gasteiger partial charge in [-0.2, -0.15) is 0 Å². The Kier molecular flexibility index (Phi) is 7.52. The predicted octanol–water partition coefficient (Wildman–Crippen LogP) is 1.09. The van der Waals surface area contributed by atoms with E-state index in [1.807, 2.05) is 0 Å². The summed E-state index contributed by atoms with van der Waals surface area (Å²) in [6.45, 7) is 6.71. The van der Waals surface area contributed by atoms with Gasteiger partial charge in [-0.25, -0.2) is 9.59 Å². The van der Waals surface area contributed by atoms with Crippen molar-refractivity contribution in [3.63, 3.8) is 0 Å². The van der Waals surface area contributed by atoms with Gasteiger partial charge in [-0.3, -0.25) is 4.90 Å². The molecule has 7 heteroatoms. The predicted molar refractivity (Wildman–Crippen MR) is 72.5 cm³/mol. The number of carboxylic acid groups (broad SMARTS) is 1. The summed E-state index contributed by atoms with van der Waals surface area (Å²) in [6.07, 6.45) is -1.26. The molecule has 0 heterocycles. The summed E-state index contributed by atoms with van der Waals surface area (Å²) in [7, 11) is 1.45. The van der Waals surface area contributed by atoms with Gasteiger partial charge in [-0.1, -0.05) is 0 Å². The van der Waals surface area contributed by atoms with Crippen LogP contribution in [0.5, 0.6) is 0 Å². The minimum atomic E-state index is -1.13. The number of nitrogens with zero attached hydrogens (tertiary/aromatic N) is 1. The van der Waals surface area contributed by atoms with Gasteiger partial charge in [0.1, 0.15) is 11.6 Å². The van der Waals surface area contributed by atoms with Crippen molar-refractivity contribution in [2.75, 3.05) is 20.3 Å². The molecule has 0 aliphatic carbocycles. The first-order valence-corrected chi connectivity index (χ1v) is 6.48. The monoisotopic (exact) mass is 291 g/mol. The van der Waals surface area contributed by atoms with Crippen LogP contribution in [0.15, 0.2) is 0 Å². The van der Waals surface area contributed by atoms with Crippen LogP contribution >= 0.6 is 0 Å². The number of methoxy groups -OCH3 is 1.